The number of anilines is 3. The minimum Gasteiger partial charge on any atom is -0.508 e. The number of aromatic hydroxyl groups is 1. The second-order valence-electron chi connectivity index (χ2n) is 7.73. The van der Waals surface area contributed by atoms with Crippen LogP contribution in [0.15, 0.2) is 48.5 Å². The number of phenolic OH excluding ortho intramolecular Hbond substituents is 1. The van der Waals surface area contributed by atoms with Crippen molar-refractivity contribution >= 4 is 29.0 Å². The first-order valence-electron chi connectivity index (χ1n) is 9.96. The fourth-order valence-corrected chi connectivity index (χ4v) is 3.96. The van der Waals surface area contributed by atoms with Crippen LogP contribution in [0.5, 0.6) is 5.75 Å². The molecule has 2 fully saturated rings. The summed E-state index contributed by atoms with van der Waals surface area (Å²) in [5, 5.41) is 9.45. The molecule has 2 aliphatic rings. The molecule has 29 heavy (non-hydrogen) atoms. The summed E-state index contributed by atoms with van der Waals surface area (Å²) in [6.45, 7) is 7.37. The van der Waals surface area contributed by atoms with Crippen molar-refractivity contribution in [3.63, 3.8) is 0 Å². The predicted molar refractivity (Wildman–Crippen MR) is 114 cm³/mol. The molecule has 1 N–H and O–H groups in total. The summed E-state index contributed by atoms with van der Waals surface area (Å²) in [5.74, 6) is 0.126. The summed E-state index contributed by atoms with van der Waals surface area (Å²) in [6.07, 6.45) is 0. The van der Waals surface area contributed by atoms with Gasteiger partial charge in [-0.2, -0.15) is 0 Å². The van der Waals surface area contributed by atoms with Gasteiger partial charge in [0.05, 0.1) is 0 Å². The molecule has 2 aromatic rings. The lowest BCUT2D eigenvalue weighted by molar-refractivity contribution is -0.125. The Morgan fingerprint density at radius 2 is 1.21 bits per heavy atom. The Morgan fingerprint density at radius 3 is 1.66 bits per heavy atom. The zero-order valence-electron chi connectivity index (χ0n) is 16.8. The van der Waals surface area contributed by atoms with Gasteiger partial charge in [0.1, 0.15) is 12.3 Å². The van der Waals surface area contributed by atoms with E-state index in [1.165, 1.54) is 9.80 Å². The van der Waals surface area contributed by atoms with Crippen LogP contribution in [0.1, 0.15) is 13.8 Å². The van der Waals surface area contributed by atoms with Gasteiger partial charge in [0.15, 0.2) is 0 Å². The van der Waals surface area contributed by atoms with E-state index in [2.05, 4.69) is 9.80 Å². The molecule has 0 aliphatic carbocycles. The van der Waals surface area contributed by atoms with Crippen molar-refractivity contribution in [3.05, 3.63) is 48.5 Å². The van der Waals surface area contributed by atoms with E-state index in [4.69, 9.17) is 0 Å². The minimum atomic E-state index is -0.250. The molecule has 0 spiro atoms. The number of nitrogens with zero attached hydrogens (tertiary/aromatic N) is 4. The smallest absolute Gasteiger partial charge is 0.331 e. The Balaban J connectivity index is 1.40. The standard InChI is InChI=1S/C22H26N4O3/c1-16(2)26-21(28)15-25(22(26)29)19-5-3-17(4-6-19)23-11-13-24(14-12-23)18-7-9-20(27)10-8-18/h3-10,16,27H,11-15H2,1-2H3. The maximum absolute atomic E-state index is 12.5. The van der Waals surface area contributed by atoms with E-state index in [0.29, 0.717) is 0 Å². The number of benzene rings is 2. The first-order chi connectivity index (χ1) is 13.9. The summed E-state index contributed by atoms with van der Waals surface area (Å²) in [6, 6.07) is 14.8. The second kappa shape index (κ2) is 7.66. The van der Waals surface area contributed by atoms with E-state index in [1.54, 1.807) is 12.1 Å². The average Bonchev–Trinajstić information content (AvgIpc) is 3.03. The van der Waals surface area contributed by atoms with Crippen LogP contribution in [-0.2, 0) is 4.79 Å². The van der Waals surface area contributed by atoms with Crippen molar-refractivity contribution in [1.82, 2.24) is 4.90 Å². The zero-order chi connectivity index (χ0) is 20.5. The van der Waals surface area contributed by atoms with Gasteiger partial charge in [-0.3, -0.25) is 14.6 Å². The van der Waals surface area contributed by atoms with E-state index in [1.807, 2.05) is 50.2 Å². The quantitative estimate of drug-likeness (QED) is 0.808. The number of piperazine rings is 1. The largest absolute Gasteiger partial charge is 0.508 e. The van der Waals surface area contributed by atoms with Crippen molar-refractivity contribution in [1.29, 1.82) is 0 Å². The Labute approximate surface area is 170 Å². The van der Waals surface area contributed by atoms with Crippen molar-refractivity contribution in [2.45, 2.75) is 19.9 Å². The number of phenols is 1. The van der Waals surface area contributed by atoms with E-state index in [-0.39, 0.29) is 30.3 Å². The third-order valence-corrected chi connectivity index (χ3v) is 5.54. The first-order valence-corrected chi connectivity index (χ1v) is 9.96. The molecule has 0 aromatic heterocycles. The van der Waals surface area contributed by atoms with E-state index < -0.39 is 0 Å². The SMILES string of the molecule is CC(C)N1C(=O)CN(c2ccc(N3CCN(c4ccc(O)cc4)CC3)cc2)C1=O. The molecule has 2 aliphatic heterocycles. The maximum Gasteiger partial charge on any atom is 0.331 e. The fourth-order valence-electron chi connectivity index (χ4n) is 3.96. The molecule has 7 heteroatoms. The lowest BCUT2D eigenvalue weighted by atomic mass is 10.2. The van der Waals surface area contributed by atoms with E-state index in [0.717, 1.165) is 43.2 Å². The van der Waals surface area contributed by atoms with Gasteiger partial charge in [-0.1, -0.05) is 0 Å². The molecular weight excluding hydrogens is 368 g/mol. The number of urea groups is 1. The van der Waals surface area contributed by atoms with Crippen molar-refractivity contribution in [3.8, 4) is 5.75 Å². The van der Waals surface area contributed by atoms with Crippen LogP contribution in [-0.4, -0.2) is 60.7 Å². The van der Waals surface area contributed by atoms with Gasteiger partial charge in [0.2, 0.25) is 0 Å². The van der Waals surface area contributed by atoms with E-state index in [9.17, 15) is 14.7 Å². The highest BCUT2D eigenvalue weighted by molar-refractivity contribution is 6.12. The van der Waals surface area contributed by atoms with Crippen LogP contribution in [0.4, 0.5) is 21.9 Å². The Morgan fingerprint density at radius 1 is 0.759 bits per heavy atom. The molecule has 2 heterocycles. The molecule has 0 unspecified atom stereocenters. The fraction of sp³-hybridized carbons (Fsp3) is 0.364. The zero-order valence-corrected chi connectivity index (χ0v) is 16.8. The second-order valence-corrected chi connectivity index (χ2v) is 7.73. The molecule has 152 valence electrons. The molecule has 0 radical (unpaired) electrons. The average molecular weight is 394 g/mol. The van der Waals surface area contributed by atoms with Gasteiger partial charge in [0, 0.05) is 49.3 Å². The van der Waals surface area contributed by atoms with Gasteiger partial charge in [-0.05, 0) is 62.4 Å². The van der Waals surface area contributed by atoms with Gasteiger partial charge in [-0.15, -0.1) is 0 Å². The third kappa shape index (κ3) is 3.72. The topological polar surface area (TPSA) is 67.3 Å². The molecule has 4 rings (SSSR count). The normalized spacial score (nSPS) is 17.6. The van der Waals surface area contributed by atoms with Crippen LogP contribution in [0.3, 0.4) is 0 Å². The molecule has 3 amide bonds. The van der Waals surface area contributed by atoms with Crippen LogP contribution in [0, 0.1) is 0 Å². The highest BCUT2D eigenvalue weighted by Gasteiger charge is 2.38. The van der Waals surface area contributed by atoms with Gasteiger partial charge >= 0.3 is 6.03 Å². The maximum atomic E-state index is 12.5. The summed E-state index contributed by atoms with van der Waals surface area (Å²) >= 11 is 0. The first kappa shape index (κ1) is 19.1. The number of amides is 3. The van der Waals surface area contributed by atoms with Crippen molar-refractivity contribution < 1.29 is 14.7 Å². The summed E-state index contributed by atoms with van der Waals surface area (Å²) in [5.41, 5.74) is 2.97. The van der Waals surface area contributed by atoms with Crippen molar-refractivity contribution in [2.24, 2.45) is 0 Å². The molecule has 7 nitrogen and oxygen atoms in total. The Hall–Kier alpha value is -3.22. The van der Waals surface area contributed by atoms with E-state index >= 15 is 0 Å². The number of hydrogen-bond donors (Lipinski definition) is 1. The highest BCUT2D eigenvalue weighted by atomic mass is 16.3. The number of hydrogen-bond acceptors (Lipinski definition) is 5. The summed E-state index contributed by atoms with van der Waals surface area (Å²) < 4.78 is 0. The number of carbonyl (C=O) groups is 2. The van der Waals surface area contributed by atoms with Crippen LogP contribution in [0.2, 0.25) is 0 Å². The molecule has 2 saturated heterocycles. The number of rotatable bonds is 4. The van der Waals surface area contributed by atoms with Gasteiger partial charge in [0.25, 0.3) is 5.91 Å². The Bertz CT molecular complexity index is 887. The highest BCUT2D eigenvalue weighted by Crippen LogP contribution is 2.27. The molecule has 0 bridgehead atoms. The summed E-state index contributed by atoms with van der Waals surface area (Å²) in [4.78, 5) is 32.1. The lowest BCUT2D eigenvalue weighted by Gasteiger charge is -2.37. The van der Waals surface area contributed by atoms with Gasteiger partial charge in [-0.25, -0.2) is 4.79 Å². The van der Waals surface area contributed by atoms with Crippen LogP contribution in [0.25, 0.3) is 0 Å². The monoisotopic (exact) mass is 394 g/mol. The lowest BCUT2D eigenvalue weighted by Crippen LogP contribution is -2.46. The molecule has 0 atom stereocenters. The summed E-state index contributed by atoms with van der Waals surface area (Å²) in [7, 11) is 0. The number of imide groups is 1. The predicted octanol–water partition coefficient (Wildman–Crippen LogP) is 2.90. The molecular formula is C22H26N4O3. The molecule has 0 saturated carbocycles. The minimum absolute atomic E-state index is 0.0989. The van der Waals surface area contributed by atoms with Gasteiger partial charge < -0.3 is 14.9 Å². The Kier molecular flexibility index (Phi) is 5.05. The molecule has 2 aromatic carbocycles. The third-order valence-electron chi connectivity index (χ3n) is 5.54. The number of carbonyl (C=O) groups excluding carboxylic acids is 2. The van der Waals surface area contributed by atoms with Crippen molar-refractivity contribution in [2.75, 3.05) is 47.4 Å². The van der Waals surface area contributed by atoms with Crippen LogP contribution >= 0.6 is 0 Å². The van der Waals surface area contributed by atoms with Crippen LogP contribution < -0.4 is 14.7 Å².